The van der Waals surface area contributed by atoms with Crippen molar-refractivity contribution >= 4 is 27.9 Å². The van der Waals surface area contributed by atoms with Crippen molar-refractivity contribution in [2.45, 2.75) is 6.42 Å². The Hall–Kier alpha value is -4.92. The standard InChI is InChI=1S/C26H18O9/c1-33-19(30)10-14-20-18(34-24(14)12-5-3-2-4-6-12)11-17(29)21-22(31)23(32)25(35-26(20)21)13-7-8-15(27)16(28)9-13/h2-9,11,27-29,32H,10H2,1H3. The summed E-state index contributed by atoms with van der Waals surface area (Å²) in [7, 11) is 1.24. The van der Waals surface area contributed by atoms with Crippen molar-refractivity contribution in [2.24, 2.45) is 0 Å². The summed E-state index contributed by atoms with van der Waals surface area (Å²) in [6.07, 6.45) is -0.229. The molecule has 35 heavy (non-hydrogen) atoms. The molecule has 4 N–H and O–H groups in total. The molecular weight excluding hydrogens is 456 g/mol. The number of esters is 1. The van der Waals surface area contributed by atoms with Gasteiger partial charge in [-0.1, -0.05) is 30.3 Å². The number of carbonyl (C=O) groups is 1. The number of fused-ring (bicyclic) bond motifs is 3. The number of furan rings is 1. The van der Waals surface area contributed by atoms with Crippen molar-refractivity contribution in [3.63, 3.8) is 0 Å². The minimum absolute atomic E-state index is 0.0922. The second-order valence-electron chi connectivity index (χ2n) is 7.81. The van der Waals surface area contributed by atoms with Gasteiger partial charge in [-0.05, 0) is 18.2 Å². The molecule has 176 valence electrons. The topological polar surface area (TPSA) is 151 Å². The summed E-state index contributed by atoms with van der Waals surface area (Å²) >= 11 is 0. The third-order valence-electron chi connectivity index (χ3n) is 5.70. The first-order chi connectivity index (χ1) is 16.8. The lowest BCUT2D eigenvalue weighted by atomic mass is 10.0. The number of hydrogen-bond acceptors (Lipinski definition) is 9. The van der Waals surface area contributed by atoms with Crippen LogP contribution in [-0.4, -0.2) is 33.5 Å². The van der Waals surface area contributed by atoms with Crippen molar-refractivity contribution in [1.29, 1.82) is 0 Å². The Morgan fingerprint density at radius 3 is 2.26 bits per heavy atom. The number of rotatable bonds is 4. The minimum atomic E-state index is -0.931. The molecule has 0 unspecified atom stereocenters. The summed E-state index contributed by atoms with van der Waals surface area (Å²) in [5.41, 5.74) is 0.169. The Morgan fingerprint density at radius 2 is 1.57 bits per heavy atom. The van der Waals surface area contributed by atoms with E-state index < -0.39 is 34.4 Å². The molecule has 2 aromatic heterocycles. The van der Waals surface area contributed by atoms with Crippen molar-refractivity contribution in [1.82, 2.24) is 0 Å². The van der Waals surface area contributed by atoms with E-state index in [0.29, 0.717) is 16.9 Å². The molecule has 9 nitrogen and oxygen atoms in total. The van der Waals surface area contributed by atoms with Gasteiger partial charge in [0.15, 0.2) is 22.8 Å². The van der Waals surface area contributed by atoms with Crippen LogP contribution in [0.3, 0.4) is 0 Å². The minimum Gasteiger partial charge on any atom is -0.507 e. The van der Waals surface area contributed by atoms with Crippen molar-refractivity contribution < 1.29 is 38.8 Å². The highest BCUT2D eigenvalue weighted by Crippen LogP contribution is 2.43. The molecule has 0 saturated heterocycles. The molecule has 3 aromatic carbocycles. The molecule has 5 rings (SSSR count). The zero-order valence-electron chi connectivity index (χ0n) is 18.2. The van der Waals surface area contributed by atoms with Gasteiger partial charge in [-0.3, -0.25) is 9.59 Å². The van der Waals surface area contributed by atoms with Gasteiger partial charge in [0, 0.05) is 22.8 Å². The van der Waals surface area contributed by atoms with E-state index in [9.17, 15) is 30.0 Å². The Morgan fingerprint density at radius 1 is 0.829 bits per heavy atom. The van der Waals surface area contributed by atoms with E-state index in [4.69, 9.17) is 13.6 Å². The molecule has 9 heteroatoms. The van der Waals surface area contributed by atoms with E-state index >= 15 is 0 Å². The molecule has 0 atom stereocenters. The van der Waals surface area contributed by atoms with Gasteiger partial charge >= 0.3 is 5.97 Å². The molecule has 2 heterocycles. The number of benzene rings is 3. The maximum atomic E-state index is 13.1. The van der Waals surface area contributed by atoms with E-state index in [-0.39, 0.29) is 39.7 Å². The zero-order chi connectivity index (χ0) is 24.9. The van der Waals surface area contributed by atoms with Crippen LogP contribution in [-0.2, 0) is 16.0 Å². The van der Waals surface area contributed by atoms with Gasteiger partial charge < -0.3 is 34.0 Å². The number of hydrogen-bond donors (Lipinski definition) is 4. The average molecular weight is 474 g/mol. The fourth-order valence-electron chi connectivity index (χ4n) is 4.03. The van der Waals surface area contributed by atoms with Gasteiger partial charge in [-0.2, -0.15) is 0 Å². The van der Waals surface area contributed by atoms with Gasteiger partial charge in [0.1, 0.15) is 22.5 Å². The van der Waals surface area contributed by atoms with Crippen LogP contribution in [0.1, 0.15) is 5.56 Å². The molecule has 0 bridgehead atoms. The molecule has 0 amide bonds. The van der Waals surface area contributed by atoms with Crippen molar-refractivity contribution in [3.8, 4) is 45.6 Å². The molecule has 0 spiro atoms. The first kappa shape index (κ1) is 21.9. The smallest absolute Gasteiger partial charge is 0.310 e. The fourth-order valence-corrected chi connectivity index (χ4v) is 4.03. The lowest BCUT2D eigenvalue weighted by Crippen LogP contribution is -2.06. The molecule has 0 radical (unpaired) electrons. The van der Waals surface area contributed by atoms with E-state index in [2.05, 4.69) is 0 Å². The van der Waals surface area contributed by atoms with Gasteiger partial charge in [0.25, 0.3) is 0 Å². The van der Waals surface area contributed by atoms with Crippen LogP contribution in [0.25, 0.3) is 44.6 Å². The molecular formula is C26H18O9. The van der Waals surface area contributed by atoms with Gasteiger partial charge in [0.2, 0.25) is 11.2 Å². The van der Waals surface area contributed by atoms with Gasteiger partial charge in [-0.25, -0.2) is 0 Å². The third-order valence-corrected chi connectivity index (χ3v) is 5.70. The maximum Gasteiger partial charge on any atom is 0.310 e. The van der Waals surface area contributed by atoms with E-state index in [1.54, 1.807) is 24.3 Å². The lowest BCUT2D eigenvalue weighted by Gasteiger charge is -2.09. The number of carbonyl (C=O) groups excluding carboxylic acids is 1. The van der Waals surface area contributed by atoms with Crippen molar-refractivity contribution in [3.05, 3.63) is 70.4 Å². The first-order valence-corrected chi connectivity index (χ1v) is 10.4. The Labute approximate surface area is 196 Å². The molecule has 0 aliphatic rings. The van der Waals surface area contributed by atoms with Crippen LogP contribution in [0.15, 0.2) is 68.2 Å². The molecule has 0 saturated carbocycles. The second kappa shape index (κ2) is 8.14. The van der Waals surface area contributed by atoms with E-state index in [1.807, 2.05) is 6.07 Å². The van der Waals surface area contributed by atoms with Crippen molar-refractivity contribution in [2.75, 3.05) is 7.11 Å². The number of aromatic hydroxyl groups is 4. The highest BCUT2D eigenvalue weighted by molar-refractivity contribution is 6.10. The number of phenols is 3. The normalized spacial score (nSPS) is 11.2. The highest BCUT2D eigenvalue weighted by atomic mass is 16.5. The van der Waals surface area contributed by atoms with Crippen LogP contribution in [0, 0.1) is 0 Å². The summed E-state index contributed by atoms with van der Waals surface area (Å²) in [5, 5.41) is 40.6. The Bertz CT molecular complexity index is 1680. The predicted octanol–water partition coefficient (Wildman–Crippen LogP) is 4.41. The molecule has 0 aliphatic heterocycles. The van der Waals surface area contributed by atoms with Crippen LogP contribution in [0.5, 0.6) is 23.0 Å². The summed E-state index contributed by atoms with van der Waals surface area (Å²) in [6, 6.07) is 13.8. The number of phenolic OH excluding ortho intramolecular Hbond substituents is 3. The predicted molar refractivity (Wildman–Crippen MR) is 126 cm³/mol. The van der Waals surface area contributed by atoms with Crippen LogP contribution >= 0.6 is 0 Å². The van der Waals surface area contributed by atoms with Crippen LogP contribution in [0.2, 0.25) is 0 Å². The molecule has 5 aromatic rings. The van der Waals surface area contributed by atoms with Gasteiger partial charge in [-0.15, -0.1) is 0 Å². The number of ether oxygens (including phenoxy) is 1. The zero-order valence-corrected chi connectivity index (χ0v) is 18.2. The largest absolute Gasteiger partial charge is 0.507 e. The number of methoxy groups -OCH3 is 1. The summed E-state index contributed by atoms with van der Waals surface area (Å²) in [6.45, 7) is 0. The second-order valence-corrected chi connectivity index (χ2v) is 7.81. The van der Waals surface area contributed by atoms with E-state index in [0.717, 1.165) is 6.07 Å². The van der Waals surface area contributed by atoms with Gasteiger partial charge in [0.05, 0.1) is 18.9 Å². The summed E-state index contributed by atoms with van der Waals surface area (Å²) in [4.78, 5) is 25.4. The monoisotopic (exact) mass is 474 g/mol. The third kappa shape index (κ3) is 3.50. The summed E-state index contributed by atoms with van der Waals surface area (Å²) in [5.74, 6) is -2.76. The fraction of sp³-hybridized carbons (Fsp3) is 0.0769. The molecule has 0 aliphatic carbocycles. The summed E-state index contributed by atoms with van der Waals surface area (Å²) < 4.78 is 16.8. The maximum absolute atomic E-state index is 13.1. The lowest BCUT2D eigenvalue weighted by molar-refractivity contribution is -0.139. The SMILES string of the molecule is COC(=O)Cc1c(-c2ccccc2)oc2cc(O)c3c(=O)c(O)c(-c4ccc(O)c(O)c4)oc3c12. The Balaban J connectivity index is 1.92. The highest BCUT2D eigenvalue weighted by Gasteiger charge is 2.27. The van der Waals surface area contributed by atoms with Crippen LogP contribution in [0.4, 0.5) is 0 Å². The van der Waals surface area contributed by atoms with E-state index in [1.165, 1.54) is 25.3 Å². The average Bonchev–Trinajstić information content (AvgIpc) is 3.21. The Kier molecular flexibility index (Phi) is 5.09. The molecule has 0 fully saturated rings. The quantitative estimate of drug-likeness (QED) is 0.219. The first-order valence-electron chi connectivity index (χ1n) is 10.4. The van der Waals surface area contributed by atoms with Crippen LogP contribution < -0.4 is 5.43 Å².